The standard InChI is InChI=1S/C15H26N2O2S/c1-2-3-4-5-6-7-8-9-14-10-12-15(13-11-14)20(18,19)17-16/h10-13,17H,2-9,16H2,1H3. The number of hydrogen-bond acceptors (Lipinski definition) is 3. The summed E-state index contributed by atoms with van der Waals surface area (Å²) in [6.45, 7) is 2.23. The highest BCUT2D eigenvalue weighted by atomic mass is 32.2. The van der Waals surface area contributed by atoms with E-state index >= 15 is 0 Å². The van der Waals surface area contributed by atoms with Crippen molar-refractivity contribution < 1.29 is 8.42 Å². The van der Waals surface area contributed by atoms with E-state index < -0.39 is 10.0 Å². The molecule has 0 aromatic heterocycles. The summed E-state index contributed by atoms with van der Waals surface area (Å²) in [5, 5.41) is 0. The number of sulfonamides is 1. The van der Waals surface area contributed by atoms with Crippen LogP contribution in [0.2, 0.25) is 0 Å². The average molecular weight is 298 g/mol. The summed E-state index contributed by atoms with van der Waals surface area (Å²) in [7, 11) is -3.53. The van der Waals surface area contributed by atoms with Gasteiger partial charge in [0.25, 0.3) is 10.0 Å². The van der Waals surface area contributed by atoms with Crippen LogP contribution in [0.1, 0.15) is 57.4 Å². The van der Waals surface area contributed by atoms with Crippen LogP contribution in [0, 0.1) is 0 Å². The molecule has 0 unspecified atom stereocenters. The number of rotatable bonds is 10. The molecular formula is C15H26N2O2S. The molecule has 0 spiro atoms. The van der Waals surface area contributed by atoms with E-state index in [-0.39, 0.29) is 4.90 Å². The lowest BCUT2D eigenvalue weighted by molar-refractivity contribution is 0.583. The van der Waals surface area contributed by atoms with Crippen molar-refractivity contribution in [1.29, 1.82) is 0 Å². The summed E-state index contributed by atoms with van der Waals surface area (Å²) >= 11 is 0. The van der Waals surface area contributed by atoms with Crippen LogP contribution in [0.15, 0.2) is 29.2 Å². The van der Waals surface area contributed by atoms with Crippen LogP contribution in [0.4, 0.5) is 0 Å². The first-order valence-electron chi connectivity index (χ1n) is 7.41. The maximum absolute atomic E-state index is 11.5. The number of nitrogens with one attached hydrogen (secondary N) is 1. The molecule has 20 heavy (non-hydrogen) atoms. The quantitative estimate of drug-likeness (QED) is 0.396. The number of nitrogens with two attached hydrogens (primary N) is 1. The van der Waals surface area contributed by atoms with Crippen LogP contribution in [-0.4, -0.2) is 8.42 Å². The van der Waals surface area contributed by atoms with Gasteiger partial charge in [-0.1, -0.05) is 57.6 Å². The van der Waals surface area contributed by atoms with E-state index in [2.05, 4.69) is 6.92 Å². The van der Waals surface area contributed by atoms with Crippen LogP contribution in [0.25, 0.3) is 0 Å². The van der Waals surface area contributed by atoms with E-state index in [1.54, 1.807) is 12.1 Å². The first-order valence-corrected chi connectivity index (χ1v) is 8.90. The third-order valence-corrected chi connectivity index (χ3v) is 4.66. The number of benzene rings is 1. The zero-order chi connectivity index (χ0) is 14.8. The fourth-order valence-electron chi connectivity index (χ4n) is 2.19. The minimum atomic E-state index is -3.53. The summed E-state index contributed by atoms with van der Waals surface area (Å²) < 4.78 is 22.9. The smallest absolute Gasteiger partial charge is 0.253 e. The molecule has 0 fully saturated rings. The van der Waals surface area contributed by atoms with Gasteiger partial charge in [-0.2, -0.15) is 4.83 Å². The zero-order valence-corrected chi connectivity index (χ0v) is 13.1. The summed E-state index contributed by atoms with van der Waals surface area (Å²) in [6, 6.07) is 6.93. The monoisotopic (exact) mass is 298 g/mol. The molecule has 0 aliphatic rings. The molecule has 4 nitrogen and oxygen atoms in total. The summed E-state index contributed by atoms with van der Waals surface area (Å²) in [6.07, 6.45) is 10.00. The normalized spacial score (nSPS) is 11.7. The average Bonchev–Trinajstić information content (AvgIpc) is 2.47. The first kappa shape index (κ1) is 17.1. The SMILES string of the molecule is CCCCCCCCCc1ccc(S(=O)(=O)NN)cc1. The van der Waals surface area contributed by atoms with Gasteiger partial charge in [-0.05, 0) is 30.5 Å². The van der Waals surface area contributed by atoms with Gasteiger partial charge >= 0.3 is 0 Å². The highest BCUT2D eigenvalue weighted by Crippen LogP contribution is 2.13. The molecule has 0 heterocycles. The maximum atomic E-state index is 11.5. The lowest BCUT2D eigenvalue weighted by atomic mass is 10.0. The van der Waals surface area contributed by atoms with Crippen molar-refractivity contribution in [1.82, 2.24) is 4.83 Å². The van der Waals surface area contributed by atoms with Crippen molar-refractivity contribution in [2.75, 3.05) is 0 Å². The highest BCUT2D eigenvalue weighted by molar-refractivity contribution is 7.89. The van der Waals surface area contributed by atoms with E-state index in [4.69, 9.17) is 5.84 Å². The molecule has 0 aliphatic carbocycles. The Morgan fingerprint density at radius 2 is 1.50 bits per heavy atom. The predicted octanol–water partition coefficient (Wildman–Crippen LogP) is 3.13. The van der Waals surface area contributed by atoms with E-state index in [9.17, 15) is 8.42 Å². The molecule has 0 bridgehead atoms. The molecule has 0 amide bonds. The summed E-state index contributed by atoms with van der Waals surface area (Å²) in [4.78, 5) is 2.04. The van der Waals surface area contributed by atoms with Crippen molar-refractivity contribution in [3.63, 3.8) is 0 Å². The van der Waals surface area contributed by atoms with Crippen molar-refractivity contribution in [3.8, 4) is 0 Å². The van der Waals surface area contributed by atoms with Gasteiger partial charge in [0, 0.05) is 0 Å². The Morgan fingerprint density at radius 1 is 0.950 bits per heavy atom. The third kappa shape index (κ3) is 6.03. The van der Waals surface area contributed by atoms with Gasteiger partial charge in [0.1, 0.15) is 0 Å². The van der Waals surface area contributed by atoms with Crippen molar-refractivity contribution in [2.24, 2.45) is 5.84 Å². The van der Waals surface area contributed by atoms with Gasteiger partial charge in [-0.25, -0.2) is 8.42 Å². The second kappa shape index (κ2) is 9.10. The molecule has 0 saturated carbocycles. The molecule has 1 aromatic rings. The Balaban J connectivity index is 2.29. The van der Waals surface area contributed by atoms with Gasteiger partial charge in [-0.3, -0.25) is 5.84 Å². The Hall–Kier alpha value is -0.910. The Labute approximate surface area is 122 Å². The lowest BCUT2D eigenvalue weighted by Crippen LogP contribution is -2.30. The Morgan fingerprint density at radius 3 is 2.05 bits per heavy atom. The van der Waals surface area contributed by atoms with Crippen LogP contribution < -0.4 is 10.7 Å². The van der Waals surface area contributed by atoms with Crippen LogP contribution in [0.5, 0.6) is 0 Å². The van der Waals surface area contributed by atoms with Gasteiger partial charge in [0.15, 0.2) is 0 Å². The second-order valence-corrected chi connectivity index (χ2v) is 6.85. The zero-order valence-electron chi connectivity index (χ0n) is 12.3. The highest BCUT2D eigenvalue weighted by Gasteiger charge is 2.10. The van der Waals surface area contributed by atoms with E-state index in [0.717, 1.165) is 12.8 Å². The summed E-state index contributed by atoms with van der Waals surface area (Å²) in [5.74, 6) is 4.99. The van der Waals surface area contributed by atoms with Gasteiger partial charge in [-0.15, -0.1) is 0 Å². The fraction of sp³-hybridized carbons (Fsp3) is 0.600. The number of aryl methyl sites for hydroxylation is 1. The van der Waals surface area contributed by atoms with E-state index in [1.165, 1.54) is 44.1 Å². The maximum Gasteiger partial charge on any atom is 0.253 e. The van der Waals surface area contributed by atoms with E-state index in [0.29, 0.717) is 0 Å². The predicted molar refractivity (Wildman–Crippen MR) is 82.6 cm³/mol. The van der Waals surface area contributed by atoms with Crippen LogP contribution in [-0.2, 0) is 16.4 Å². The Bertz CT molecular complexity index is 469. The minimum absolute atomic E-state index is 0.211. The third-order valence-electron chi connectivity index (χ3n) is 3.46. The number of unbranched alkanes of at least 4 members (excludes halogenated alkanes) is 6. The van der Waals surface area contributed by atoms with Gasteiger partial charge in [0.2, 0.25) is 0 Å². The minimum Gasteiger partial charge on any atom is -0.257 e. The second-order valence-electron chi connectivity index (χ2n) is 5.14. The molecule has 1 rings (SSSR count). The number of hydrazine groups is 1. The van der Waals surface area contributed by atoms with Crippen molar-refractivity contribution in [3.05, 3.63) is 29.8 Å². The van der Waals surface area contributed by atoms with Crippen molar-refractivity contribution >= 4 is 10.0 Å². The number of hydrogen-bond donors (Lipinski definition) is 2. The van der Waals surface area contributed by atoms with Gasteiger partial charge in [0.05, 0.1) is 4.90 Å². The molecule has 114 valence electrons. The molecule has 0 atom stereocenters. The molecule has 0 aliphatic heterocycles. The molecule has 3 N–H and O–H groups in total. The molecule has 1 aromatic carbocycles. The van der Waals surface area contributed by atoms with E-state index in [1.807, 2.05) is 17.0 Å². The lowest BCUT2D eigenvalue weighted by Gasteiger charge is -2.05. The fourth-order valence-corrected chi connectivity index (χ4v) is 2.82. The molecule has 0 saturated heterocycles. The molecule has 5 heteroatoms. The summed E-state index contributed by atoms with van der Waals surface area (Å²) in [5.41, 5.74) is 1.18. The first-order chi connectivity index (χ1) is 9.60. The molecular weight excluding hydrogens is 272 g/mol. The topological polar surface area (TPSA) is 72.2 Å². The van der Waals surface area contributed by atoms with Gasteiger partial charge < -0.3 is 0 Å². The van der Waals surface area contributed by atoms with Crippen molar-refractivity contribution in [2.45, 2.75) is 63.2 Å². The molecule has 0 radical (unpaired) electrons. The van der Waals surface area contributed by atoms with Crippen LogP contribution in [0.3, 0.4) is 0 Å². The Kier molecular flexibility index (Phi) is 7.80. The largest absolute Gasteiger partial charge is 0.257 e. The van der Waals surface area contributed by atoms with Crippen LogP contribution >= 0.6 is 0 Å².